The van der Waals surface area contributed by atoms with E-state index in [1.165, 1.54) is 0 Å². The molecule has 2 aliphatic carbocycles. The summed E-state index contributed by atoms with van der Waals surface area (Å²) in [5.41, 5.74) is -0.158. The molecule has 4 heteroatoms. The first kappa shape index (κ1) is 27.9. The van der Waals surface area contributed by atoms with Gasteiger partial charge in [-0.25, -0.2) is 0 Å². The molecule has 190 valence electrons. The highest BCUT2D eigenvalue weighted by Gasteiger charge is 2.61. The number of amides is 2. The third kappa shape index (κ3) is 6.22. The first-order valence-corrected chi connectivity index (χ1v) is 14.0. The number of fused-ring (bicyclic) bond motifs is 2. The molecule has 0 aromatic rings. The highest BCUT2D eigenvalue weighted by Crippen LogP contribution is 2.66. The molecule has 0 aliphatic heterocycles. The number of hydrogen-bond acceptors (Lipinski definition) is 2. The van der Waals surface area contributed by atoms with Gasteiger partial charge in [0.05, 0.1) is 5.92 Å². The summed E-state index contributed by atoms with van der Waals surface area (Å²) in [7, 11) is 0. The molecule has 33 heavy (non-hydrogen) atoms. The van der Waals surface area contributed by atoms with E-state index in [1.807, 2.05) is 0 Å². The molecule has 0 heterocycles. The first-order valence-electron chi connectivity index (χ1n) is 14.0. The molecule has 3 atom stereocenters. The molecule has 2 rings (SSSR count). The van der Waals surface area contributed by atoms with Gasteiger partial charge in [-0.3, -0.25) is 9.59 Å². The van der Waals surface area contributed by atoms with Crippen LogP contribution in [0.25, 0.3) is 0 Å². The third-order valence-electron chi connectivity index (χ3n) is 8.71. The maximum atomic E-state index is 14.2. The Labute approximate surface area is 204 Å². The summed E-state index contributed by atoms with van der Waals surface area (Å²) in [6.45, 7) is 16.7. The molecular formula is C29H52N2O2. The van der Waals surface area contributed by atoms with Crippen molar-refractivity contribution in [2.24, 2.45) is 22.7 Å². The molecule has 1 fully saturated rings. The molecule has 0 spiro atoms. The lowest BCUT2D eigenvalue weighted by atomic mass is 9.60. The Balaban J connectivity index is 2.35. The van der Waals surface area contributed by atoms with E-state index in [1.54, 1.807) is 0 Å². The summed E-state index contributed by atoms with van der Waals surface area (Å²) in [6.07, 6.45) is 15.7. The van der Waals surface area contributed by atoms with E-state index in [0.29, 0.717) is 12.3 Å². The Morgan fingerprint density at radius 2 is 1.33 bits per heavy atom. The van der Waals surface area contributed by atoms with Gasteiger partial charge in [0.25, 0.3) is 0 Å². The van der Waals surface area contributed by atoms with Crippen LogP contribution in [0, 0.1) is 22.7 Å². The minimum absolute atomic E-state index is 0.0342. The largest absolute Gasteiger partial charge is 0.343 e. The minimum atomic E-state index is -0.247. The Hall–Kier alpha value is -1.32. The normalized spacial score (nSPS) is 23.6. The number of carbonyl (C=O) groups excluding carboxylic acids is 2. The number of rotatable bonds is 16. The minimum Gasteiger partial charge on any atom is -0.343 e. The van der Waals surface area contributed by atoms with Gasteiger partial charge < -0.3 is 9.80 Å². The van der Waals surface area contributed by atoms with Crippen molar-refractivity contribution >= 4 is 11.8 Å². The Kier molecular flexibility index (Phi) is 11.0. The molecular weight excluding hydrogens is 408 g/mol. The van der Waals surface area contributed by atoms with E-state index in [9.17, 15) is 9.59 Å². The fourth-order valence-electron chi connectivity index (χ4n) is 6.19. The summed E-state index contributed by atoms with van der Waals surface area (Å²) in [5.74, 6) is 0.703. The van der Waals surface area contributed by atoms with Crippen molar-refractivity contribution in [3.8, 4) is 0 Å². The third-order valence-corrected chi connectivity index (χ3v) is 8.71. The number of allylic oxidation sites excluding steroid dienone is 2. The predicted octanol–water partition coefficient (Wildman–Crippen LogP) is 6.84. The average Bonchev–Trinajstić information content (AvgIpc) is 3.21. The summed E-state index contributed by atoms with van der Waals surface area (Å²) in [5, 5.41) is 0. The molecule has 2 aliphatic rings. The smallest absolute Gasteiger partial charge is 0.227 e. The second-order valence-corrected chi connectivity index (χ2v) is 11.1. The quantitative estimate of drug-likeness (QED) is 0.236. The van der Waals surface area contributed by atoms with E-state index >= 15 is 0 Å². The number of unbranched alkanes of at least 4 members (excludes halogenated alkanes) is 4. The van der Waals surface area contributed by atoms with Crippen LogP contribution >= 0.6 is 0 Å². The van der Waals surface area contributed by atoms with Crippen LogP contribution in [0.1, 0.15) is 112 Å². The zero-order valence-corrected chi connectivity index (χ0v) is 22.6. The number of carbonyl (C=O) groups is 2. The van der Waals surface area contributed by atoms with Crippen LogP contribution in [0.3, 0.4) is 0 Å². The van der Waals surface area contributed by atoms with E-state index < -0.39 is 0 Å². The van der Waals surface area contributed by atoms with Crippen molar-refractivity contribution in [2.45, 2.75) is 112 Å². The SMILES string of the molecule is CCCCN(CCCC)C(=O)CC(C(=O)N(CCCC)CCCC)C12C=CC(CC1)C2(C)C. The average molecular weight is 461 g/mol. The second-order valence-electron chi connectivity index (χ2n) is 11.1. The molecule has 0 N–H and O–H groups in total. The maximum absolute atomic E-state index is 14.2. The number of nitrogens with zero attached hydrogens (tertiary/aromatic N) is 2. The van der Waals surface area contributed by atoms with Crippen LogP contribution in [-0.4, -0.2) is 47.8 Å². The maximum Gasteiger partial charge on any atom is 0.227 e. The molecule has 1 saturated carbocycles. The van der Waals surface area contributed by atoms with Gasteiger partial charge in [0.15, 0.2) is 0 Å². The summed E-state index contributed by atoms with van der Waals surface area (Å²) < 4.78 is 0. The Morgan fingerprint density at radius 3 is 1.70 bits per heavy atom. The van der Waals surface area contributed by atoms with Gasteiger partial charge in [0.2, 0.25) is 11.8 Å². The van der Waals surface area contributed by atoms with Gasteiger partial charge in [0, 0.05) is 38.0 Å². The molecule has 0 saturated heterocycles. The molecule has 0 aromatic heterocycles. The Bertz CT molecular complexity index is 640. The van der Waals surface area contributed by atoms with Crippen molar-refractivity contribution in [1.29, 1.82) is 0 Å². The van der Waals surface area contributed by atoms with E-state index in [0.717, 1.165) is 90.4 Å². The zero-order valence-electron chi connectivity index (χ0n) is 22.6. The van der Waals surface area contributed by atoms with Gasteiger partial charge in [-0.1, -0.05) is 79.4 Å². The van der Waals surface area contributed by atoms with Crippen LogP contribution in [-0.2, 0) is 9.59 Å². The fourth-order valence-corrected chi connectivity index (χ4v) is 6.19. The van der Waals surface area contributed by atoms with Crippen molar-refractivity contribution in [1.82, 2.24) is 9.80 Å². The van der Waals surface area contributed by atoms with Crippen LogP contribution in [0.15, 0.2) is 12.2 Å². The second kappa shape index (κ2) is 13.0. The van der Waals surface area contributed by atoms with Gasteiger partial charge in [-0.15, -0.1) is 0 Å². The zero-order chi connectivity index (χ0) is 24.5. The monoisotopic (exact) mass is 460 g/mol. The van der Waals surface area contributed by atoms with Crippen molar-refractivity contribution < 1.29 is 9.59 Å². The van der Waals surface area contributed by atoms with Crippen molar-refractivity contribution in [2.75, 3.05) is 26.2 Å². The predicted molar refractivity (Wildman–Crippen MR) is 139 cm³/mol. The lowest BCUT2D eigenvalue weighted by Crippen LogP contribution is -2.50. The van der Waals surface area contributed by atoms with Crippen LogP contribution < -0.4 is 0 Å². The highest BCUT2D eigenvalue weighted by molar-refractivity contribution is 5.87. The molecule has 3 unspecified atom stereocenters. The number of hydrogen-bond donors (Lipinski definition) is 0. The standard InChI is InChI=1S/C29H52N2O2/c1-7-11-19-30(20-12-8-2)26(32)23-25(27(33)31(21-13-9-3)22-14-10-4)29-17-15-24(16-18-29)28(29,5)6/h15,17,24-25H,7-14,16,18-23H2,1-6H3. The topological polar surface area (TPSA) is 40.6 Å². The van der Waals surface area contributed by atoms with Crippen molar-refractivity contribution in [3.05, 3.63) is 12.2 Å². The summed E-state index contributed by atoms with van der Waals surface area (Å²) in [4.78, 5) is 32.1. The molecule has 0 radical (unpaired) electrons. The van der Waals surface area contributed by atoms with Gasteiger partial charge in [-0.05, 0) is 49.9 Å². The molecule has 0 aromatic carbocycles. The van der Waals surface area contributed by atoms with Crippen LogP contribution in [0.4, 0.5) is 0 Å². The van der Waals surface area contributed by atoms with E-state index in [2.05, 4.69) is 63.5 Å². The fraction of sp³-hybridized carbons (Fsp3) is 0.862. The lowest BCUT2D eigenvalue weighted by molar-refractivity contribution is -0.147. The van der Waals surface area contributed by atoms with Crippen LogP contribution in [0.5, 0.6) is 0 Å². The summed E-state index contributed by atoms with van der Waals surface area (Å²) in [6, 6.07) is 0. The van der Waals surface area contributed by atoms with E-state index in [4.69, 9.17) is 0 Å². The Morgan fingerprint density at radius 1 is 0.848 bits per heavy atom. The molecule has 2 amide bonds. The van der Waals surface area contributed by atoms with Crippen LogP contribution in [0.2, 0.25) is 0 Å². The lowest BCUT2D eigenvalue weighted by Gasteiger charge is -2.45. The molecule has 4 nitrogen and oxygen atoms in total. The van der Waals surface area contributed by atoms with Gasteiger partial charge in [0.1, 0.15) is 0 Å². The first-order chi connectivity index (χ1) is 15.8. The highest BCUT2D eigenvalue weighted by atomic mass is 16.2. The van der Waals surface area contributed by atoms with Gasteiger partial charge in [-0.2, -0.15) is 0 Å². The van der Waals surface area contributed by atoms with Gasteiger partial charge >= 0.3 is 0 Å². The van der Waals surface area contributed by atoms with Crippen molar-refractivity contribution in [3.63, 3.8) is 0 Å². The molecule has 2 bridgehead atoms. The van der Waals surface area contributed by atoms with E-state index in [-0.39, 0.29) is 28.6 Å². The summed E-state index contributed by atoms with van der Waals surface area (Å²) >= 11 is 0.